The number of aliphatic hydroxyl groups is 1. The summed E-state index contributed by atoms with van der Waals surface area (Å²) in [6, 6.07) is -0.0592. The summed E-state index contributed by atoms with van der Waals surface area (Å²) in [6.07, 6.45) is 11.5. The van der Waals surface area contributed by atoms with Crippen molar-refractivity contribution in [1.82, 2.24) is 10.2 Å². The monoisotopic (exact) mass is 474 g/mol. The van der Waals surface area contributed by atoms with E-state index in [0.29, 0.717) is 19.5 Å². The number of nitrogens with zero attached hydrogens (tertiary/aromatic N) is 1. The molecule has 0 aromatic heterocycles. The summed E-state index contributed by atoms with van der Waals surface area (Å²) in [5.74, 6) is 0.731. The lowest BCUT2D eigenvalue weighted by atomic mass is 9.57. The van der Waals surface area contributed by atoms with E-state index in [9.17, 15) is 9.90 Å². The van der Waals surface area contributed by atoms with Crippen LogP contribution < -0.4 is 5.32 Å². The summed E-state index contributed by atoms with van der Waals surface area (Å²) in [5.41, 5.74) is 1.80. The van der Waals surface area contributed by atoms with Crippen LogP contribution in [0.3, 0.4) is 0 Å². The molecule has 3 aliphatic rings. The van der Waals surface area contributed by atoms with Gasteiger partial charge in [0.2, 0.25) is 0 Å². The molecule has 2 saturated heterocycles. The zero-order valence-corrected chi connectivity index (χ0v) is 22.4. The highest BCUT2D eigenvalue weighted by molar-refractivity contribution is 5.68. The van der Waals surface area contributed by atoms with Gasteiger partial charge >= 0.3 is 6.09 Å². The average Bonchev–Trinajstić information content (AvgIpc) is 3.57. The third-order valence-electron chi connectivity index (χ3n) is 8.03. The number of piperidine rings is 1. The van der Waals surface area contributed by atoms with Crippen LogP contribution in [0.5, 0.6) is 0 Å². The number of hydrogen-bond donors (Lipinski definition) is 2. The third kappa shape index (κ3) is 5.88. The summed E-state index contributed by atoms with van der Waals surface area (Å²) < 4.78 is 10.9. The predicted octanol–water partition coefficient (Wildman–Crippen LogP) is 5.34. The van der Waals surface area contributed by atoms with Crippen molar-refractivity contribution in [1.29, 1.82) is 0 Å². The Labute approximate surface area is 206 Å². The number of hydrogen-bond acceptors (Lipinski definition) is 5. The Morgan fingerprint density at radius 2 is 1.82 bits per heavy atom. The van der Waals surface area contributed by atoms with Gasteiger partial charge in [-0.2, -0.15) is 0 Å². The molecule has 2 N–H and O–H groups in total. The van der Waals surface area contributed by atoms with E-state index in [1.165, 1.54) is 24.0 Å². The zero-order valence-electron chi connectivity index (χ0n) is 22.4. The number of rotatable bonds is 6. The molecule has 0 aromatic carbocycles. The first-order valence-electron chi connectivity index (χ1n) is 12.9. The van der Waals surface area contributed by atoms with E-state index in [0.717, 1.165) is 37.3 Å². The lowest BCUT2D eigenvalue weighted by Gasteiger charge is -2.55. The van der Waals surface area contributed by atoms with E-state index in [4.69, 9.17) is 9.47 Å². The van der Waals surface area contributed by atoms with Gasteiger partial charge in [-0.3, -0.25) is 0 Å². The second kappa shape index (κ2) is 10.4. The van der Waals surface area contributed by atoms with Crippen LogP contribution in [-0.2, 0) is 9.47 Å². The van der Waals surface area contributed by atoms with Gasteiger partial charge in [-0.25, -0.2) is 4.79 Å². The smallest absolute Gasteiger partial charge is 0.410 e. The quantitative estimate of drug-likeness (QED) is 0.402. The van der Waals surface area contributed by atoms with Crippen molar-refractivity contribution in [3.8, 4) is 0 Å². The fourth-order valence-corrected chi connectivity index (χ4v) is 5.79. The Balaban J connectivity index is 2.01. The molecular formula is C28H46N2O4. The van der Waals surface area contributed by atoms with Crippen LogP contribution in [0.4, 0.5) is 4.79 Å². The first-order chi connectivity index (χ1) is 15.9. The van der Waals surface area contributed by atoms with Crippen molar-refractivity contribution in [2.75, 3.05) is 26.7 Å². The minimum atomic E-state index is -0.938. The molecular weight excluding hydrogens is 428 g/mol. The van der Waals surface area contributed by atoms with Crippen LogP contribution in [-0.4, -0.2) is 60.1 Å². The topological polar surface area (TPSA) is 71.0 Å². The molecule has 3 unspecified atom stereocenters. The van der Waals surface area contributed by atoms with E-state index in [2.05, 4.69) is 31.3 Å². The molecule has 1 aliphatic carbocycles. The van der Waals surface area contributed by atoms with Crippen molar-refractivity contribution in [3.05, 3.63) is 35.1 Å². The van der Waals surface area contributed by atoms with Gasteiger partial charge in [-0.05, 0) is 104 Å². The van der Waals surface area contributed by atoms with E-state index in [1.807, 2.05) is 27.7 Å². The number of methoxy groups -OCH3 is 1. The van der Waals surface area contributed by atoms with E-state index < -0.39 is 11.2 Å². The molecule has 6 heteroatoms. The van der Waals surface area contributed by atoms with Crippen LogP contribution in [0.15, 0.2) is 35.1 Å². The molecule has 192 valence electrons. The molecule has 2 heterocycles. The summed E-state index contributed by atoms with van der Waals surface area (Å²) in [5, 5.41) is 15.8. The molecule has 1 saturated carbocycles. The van der Waals surface area contributed by atoms with Gasteiger partial charge in [0, 0.05) is 24.5 Å². The first-order valence-corrected chi connectivity index (χ1v) is 12.9. The number of fused-ring (bicyclic) bond motifs is 1. The fourth-order valence-electron chi connectivity index (χ4n) is 5.79. The van der Waals surface area contributed by atoms with E-state index in [-0.39, 0.29) is 17.6 Å². The highest BCUT2D eigenvalue weighted by Gasteiger charge is 2.57. The number of nitrogens with one attached hydrogen (secondary N) is 1. The number of carbonyl (C=O) groups is 1. The van der Waals surface area contributed by atoms with Crippen LogP contribution in [0.1, 0.15) is 80.1 Å². The molecule has 3 atom stereocenters. The standard InChI is InChI=1S/C28H46N2O4/c1-20(19-33-7)8-11-24(18-23-9-10-23)21(2)27-12-15-29-22(3)28(27,32)14-17-30(16-13-27)25(31)34-26(4,5)6/h8,11,19,22-23,29,32H,9-10,12-18H2,1-7H3/b11-8-,20-19+,24-21-. The Kier molecular flexibility index (Phi) is 8.24. The SMILES string of the molecule is CO/C=C(C)/C=C\C(CC1CC1)=C(/C)C12CCNC(C)C1(O)CCN(C(=O)OC(C)(C)C)CC2. The maximum Gasteiger partial charge on any atom is 0.410 e. The zero-order chi connectivity index (χ0) is 25.1. The highest BCUT2D eigenvalue weighted by Crippen LogP contribution is 2.54. The largest absolute Gasteiger partial charge is 0.504 e. The maximum atomic E-state index is 12.9. The van der Waals surface area contributed by atoms with Crippen LogP contribution in [0.2, 0.25) is 0 Å². The van der Waals surface area contributed by atoms with E-state index >= 15 is 0 Å². The van der Waals surface area contributed by atoms with Crippen molar-refractivity contribution in [3.63, 3.8) is 0 Å². The van der Waals surface area contributed by atoms with Crippen LogP contribution >= 0.6 is 0 Å². The molecule has 2 aliphatic heterocycles. The molecule has 34 heavy (non-hydrogen) atoms. The molecule has 1 amide bonds. The van der Waals surface area contributed by atoms with Crippen molar-refractivity contribution in [2.45, 2.75) is 97.3 Å². The number of carbonyl (C=O) groups excluding carboxylic acids is 1. The van der Waals surface area contributed by atoms with Gasteiger partial charge in [0.25, 0.3) is 0 Å². The molecule has 0 radical (unpaired) electrons. The fraction of sp³-hybridized carbons (Fsp3) is 0.750. The lowest BCUT2D eigenvalue weighted by Crippen LogP contribution is -2.65. The summed E-state index contributed by atoms with van der Waals surface area (Å²) >= 11 is 0. The van der Waals surface area contributed by atoms with Gasteiger partial charge in [0.1, 0.15) is 5.60 Å². The molecule has 0 bridgehead atoms. The first kappa shape index (κ1) is 26.8. The number of likely N-dealkylation sites (tertiary alicyclic amines) is 1. The third-order valence-corrected chi connectivity index (χ3v) is 8.03. The van der Waals surface area contributed by atoms with E-state index in [1.54, 1.807) is 18.3 Å². The summed E-state index contributed by atoms with van der Waals surface area (Å²) in [4.78, 5) is 14.7. The maximum absolute atomic E-state index is 12.9. The number of amides is 1. The van der Waals surface area contributed by atoms with Crippen molar-refractivity contribution < 1.29 is 19.4 Å². The minimum Gasteiger partial charge on any atom is -0.504 e. The van der Waals surface area contributed by atoms with Crippen molar-refractivity contribution >= 4 is 6.09 Å². The summed E-state index contributed by atoms with van der Waals surface area (Å²) in [7, 11) is 1.67. The molecule has 3 rings (SSSR count). The average molecular weight is 475 g/mol. The molecule has 3 fully saturated rings. The number of allylic oxidation sites excluding steroid dienone is 4. The Morgan fingerprint density at radius 3 is 2.44 bits per heavy atom. The van der Waals surface area contributed by atoms with Crippen molar-refractivity contribution in [2.24, 2.45) is 11.3 Å². The second-order valence-electron chi connectivity index (χ2n) is 11.6. The van der Waals surface area contributed by atoms with Gasteiger partial charge in [0.05, 0.1) is 19.0 Å². The summed E-state index contributed by atoms with van der Waals surface area (Å²) in [6.45, 7) is 14.0. The Bertz CT molecular complexity index is 836. The Morgan fingerprint density at radius 1 is 1.15 bits per heavy atom. The molecule has 0 spiro atoms. The van der Waals surface area contributed by atoms with Gasteiger partial charge < -0.3 is 24.8 Å². The van der Waals surface area contributed by atoms with Gasteiger partial charge in [-0.15, -0.1) is 0 Å². The highest BCUT2D eigenvalue weighted by atomic mass is 16.6. The van der Waals surface area contributed by atoms with Gasteiger partial charge in [0.15, 0.2) is 0 Å². The molecule has 0 aromatic rings. The van der Waals surface area contributed by atoms with Gasteiger partial charge in [-0.1, -0.05) is 17.7 Å². The lowest BCUT2D eigenvalue weighted by molar-refractivity contribution is -0.113. The second-order valence-corrected chi connectivity index (χ2v) is 11.6. The predicted molar refractivity (Wildman–Crippen MR) is 136 cm³/mol. The Hall–Kier alpha value is -1.79. The number of ether oxygens (including phenoxy) is 2. The normalized spacial score (nSPS) is 31.6. The minimum absolute atomic E-state index is 0.0592. The van der Waals surface area contributed by atoms with Crippen LogP contribution in [0, 0.1) is 11.3 Å². The molecule has 6 nitrogen and oxygen atoms in total. The van der Waals surface area contributed by atoms with Crippen LogP contribution in [0.25, 0.3) is 0 Å².